The van der Waals surface area contributed by atoms with Gasteiger partial charge in [-0.05, 0) is 49.2 Å². The molecule has 0 spiro atoms. The summed E-state index contributed by atoms with van der Waals surface area (Å²) in [6.07, 6.45) is 3.60. The maximum absolute atomic E-state index is 13.1. The van der Waals surface area contributed by atoms with Crippen molar-refractivity contribution < 1.29 is 6.22 Å². The summed E-state index contributed by atoms with van der Waals surface area (Å²) in [5, 5.41) is 4.32. The Morgan fingerprint density at radius 1 is 1.25 bits per heavy atom. The second-order valence-electron chi connectivity index (χ2n) is 8.62. The molecule has 0 fully saturated rings. The van der Waals surface area contributed by atoms with Crippen molar-refractivity contribution in [2.24, 2.45) is 0 Å². The summed E-state index contributed by atoms with van der Waals surface area (Å²) < 4.78 is 2.98. The highest BCUT2D eigenvalue weighted by Gasteiger charge is 2.23. The van der Waals surface area contributed by atoms with Gasteiger partial charge in [-0.1, -0.05) is 27.7 Å². The number of likely N-dealkylation sites (N-methyl/N-ethyl adjacent to an activating group) is 2. The molecule has 172 valence electrons. The van der Waals surface area contributed by atoms with E-state index in [1.54, 1.807) is 17.7 Å². The van der Waals surface area contributed by atoms with Gasteiger partial charge in [-0.3, -0.25) is 4.79 Å². The summed E-state index contributed by atoms with van der Waals surface area (Å²) in [6, 6.07) is 4.16. The standard InChI is InChI=1S/C24H32N6OS.H2/c1-7-29(8-2)10-9-28(6)24(31)19-12-18-22(32-19)20(15(3)4)21(27-18)17-11-16(5)23-25-14-26-30(23)13-17;/h11-15,27H,7-10H2,1-6H3;1H. The molecule has 0 radical (unpaired) electrons. The van der Waals surface area contributed by atoms with Crippen molar-refractivity contribution >= 4 is 33.1 Å². The lowest BCUT2D eigenvalue weighted by molar-refractivity contribution is 0.0784. The van der Waals surface area contributed by atoms with Crippen LogP contribution in [0, 0.1) is 6.92 Å². The summed E-state index contributed by atoms with van der Waals surface area (Å²) in [5.74, 6) is 0.399. The Hall–Kier alpha value is -2.71. The summed E-state index contributed by atoms with van der Waals surface area (Å²) >= 11 is 1.59. The fourth-order valence-electron chi connectivity index (χ4n) is 4.23. The number of thiophene rings is 1. The first kappa shape index (κ1) is 22.5. The number of carbonyl (C=O) groups is 1. The third-order valence-electron chi connectivity index (χ3n) is 6.13. The zero-order valence-corrected chi connectivity index (χ0v) is 20.6. The average Bonchev–Trinajstić information content (AvgIpc) is 3.47. The van der Waals surface area contributed by atoms with Crippen molar-refractivity contribution in [1.82, 2.24) is 29.4 Å². The largest absolute Gasteiger partial charge is 0.354 e. The number of aromatic nitrogens is 4. The molecule has 4 heterocycles. The van der Waals surface area contributed by atoms with Gasteiger partial charge in [0.2, 0.25) is 0 Å². The van der Waals surface area contributed by atoms with Gasteiger partial charge in [0.1, 0.15) is 6.33 Å². The van der Waals surface area contributed by atoms with Crippen molar-refractivity contribution in [3.63, 3.8) is 0 Å². The molecule has 0 atom stereocenters. The van der Waals surface area contributed by atoms with Crippen LogP contribution in [0.2, 0.25) is 0 Å². The number of nitrogens with one attached hydrogen (secondary N) is 1. The molecular formula is C24H34N6OS. The summed E-state index contributed by atoms with van der Waals surface area (Å²) in [5.41, 5.74) is 6.39. The fraction of sp³-hybridized carbons (Fsp3) is 0.458. The average molecular weight is 455 g/mol. The minimum atomic E-state index is 0. The van der Waals surface area contributed by atoms with E-state index in [1.807, 2.05) is 28.7 Å². The molecule has 4 aromatic rings. The number of carbonyl (C=O) groups excluding carboxylic acids is 1. The lowest BCUT2D eigenvalue weighted by atomic mass is 9.99. The molecule has 1 N–H and O–H groups in total. The van der Waals surface area contributed by atoms with Crippen molar-refractivity contribution in [3.8, 4) is 11.3 Å². The van der Waals surface area contributed by atoms with Crippen LogP contribution in [0.5, 0.6) is 0 Å². The number of amides is 1. The Kier molecular flexibility index (Phi) is 6.35. The summed E-state index contributed by atoms with van der Waals surface area (Å²) in [6.45, 7) is 14.4. The van der Waals surface area contributed by atoms with E-state index in [0.29, 0.717) is 5.92 Å². The SMILES string of the molecule is CCN(CC)CCN(C)C(=O)c1cc2[nH]c(-c3cc(C)c4ncnn4c3)c(C(C)C)c2s1.[HH]. The normalized spacial score (nSPS) is 12.0. The van der Waals surface area contributed by atoms with Gasteiger partial charge in [0.05, 0.1) is 20.8 Å². The van der Waals surface area contributed by atoms with Crippen LogP contribution in [-0.2, 0) is 0 Å². The first-order valence-corrected chi connectivity index (χ1v) is 12.1. The molecule has 1 amide bonds. The smallest absolute Gasteiger partial charge is 0.263 e. The summed E-state index contributed by atoms with van der Waals surface area (Å²) in [4.78, 5) is 26.0. The van der Waals surface area contributed by atoms with Gasteiger partial charge in [0, 0.05) is 33.3 Å². The van der Waals surface area contributed by atoms with Crippen LogP contribution in [0.1, 0.15) is 55.8 Å². The zero-order valence-electron chi connectivity index (χ0n) is 19.8. The third-order valence-corrected chi connectivity index (χ3v) is 7.29. The van der Waals surface area contributed by atoms with Gasteiger partial charge in [-0.25, -0.2) is 9.50 Å². The fourth-order valence-corrected chi connectivity index (χ4v) is 5.54. The molecule has 0 aromatic carbocycles. The Labute approximate surface area is 194 Å². The van der Waals surface area contributed by atoms with Gasteiger partial charge in [-0.15, -0.1) is 11.3 Å². The maximum Gasteiger partial charge on any atom is 0.263 e. The lowest BCUT2D eigenvalue weighted by Gasteiger charge is -2.22. The Balaban J connectivity index is 0.00000306. The van der Waals surface area contributed by atoms with Gasteiger partial charge < -0.3 is 14.8 Å². The minimum Gasteiger partial charge on any atom is -0.354 e. The second kappa shape index (κ2) is 9.03. The van der Waals surface area contributed by atoms with Crippen LogP contribution < -0.4 is 0 Å². The van der Waals surface area contributed by atoms with E-state index >= 15 is 0 Å². The number of aromatic amines is 1. The number of aryl methyl sites for hydroxylation is 1. The Morgan fingerprint density at radius 2 is 2.00 bits per heavy atom. The molecule has 8 heteroatoms. The molecule has 4 rings (SSSR count). The number of pyridine rings is 1. The van der Waals surface area contributed by atoms with E-state index in [1.165, 1.54) is 5.56 Å². The highest BCUT2D eigenvalue weighted by Crippen LogP contribution is 2.40. The maximum atomic E-state index is 13.1. The molecule has 0 aliphatic carbocycles. The van der Waals surface area contributed by atoms with E-state index in [0.717, 1.165) is 63.7 Å². The molecule has 0 unspecified atom stereocenters. The zero-order chi connectivity index (χ0) is 23.0. The molecule has 0 saturated heterocycles. The molecule has 0 aliphatic heterocycles. The Morgan fingerprint density at radius 3 is 2.69 bits per heavy atom. The number of rotatable bonds is 8. The molecular weight excluding hydrogens is 420 g/mol. The number of hydrogen-bond donors (Lipinski definition) is 1. The quantitative estimate of drug-likeness (QED) is 0.405. The van der Waals surface area contributed by atoms with E-state index in [9.17, 15) is 4.79 Å². The predicted molar refractivity (Wildman–Crippen MR) is 134 cm³/mol. The lowest BCUT2D eigenvalue weighted by Crippen LogP contribution is -2.36. The molecule has 7 nitrogen and oxygen atoms in total. The molecule has 0 saturated carbocycles. The van der Waals surface area contributed by atoms with Gasteiger partial charge in [0.15, 0.2) is 5.65 Å². The predicted octanol–water partition coefficient (Wildman–Crippen LogP) is 5.03. The topological polar surface area (TPSA) is 69.5 Å². The summed E-state index contributed by atoms with van der Waals surface area (Å²) in [7, 11) is 1.89. The first-order chi connectivity index (χ1) is 15.3. The number of H-pyrrole nitrogens is 1. The van der Waals surface area contributed by atoms with Crippen LogP contribution >= 0.6 is 11.3 Å². The molecule has 0 aliphatic rings. The van der Waals surface area contributed by atoms with Crippen LogP contribution in [0.15, 0.2) is 24.7 Å². The van der Waals surface area contributed by atoms with Crippen molar-refractivity contribution in [2.45, 2.75) is 40.5 Å². The van der Waals surface area contributed by atoms with Crippen LogP contribution in [0.3, 0.4) is 0 Å². The highest BCUT2D eigenvalue weighted by molar-refractivity contribution is 7.21. The van der Waals surface area contributed by atoms with Gasteiger partial charge in [0.25, 0.3) is 5.91 Å². The van der Waals surface area contributed by atoms with E-state index in [2.05, 4.69) is 60.7 Å². The van der Waals surface area contributed by atoms with E-state index in [4.69, 9.17) is 0 Å². The first-order valence-electron chi connectivity index (χ1n) is 11.3. The minimum absolute atomic E-state index is 0. The van der Waals surface area contributed by atoms with Gasteiger partial charge >= 0.3 is 0 Å². The molecule has 0 bridgehead atoms. The highest BCUT2D eigenvalue weighted by atomic mass is 32.1. The molecule has 32 heavy (non-hydrogen) atoms. The van der Waals surface area contributed by atoms with Crippen LogP contribution in [0.4, 0.5) is 0 Å². The third kappa shape index (κ3) is 4.04. The van der Waals surface area contributed by atoms with Crippen molar-refractivity contribution in [1.29, 1.82) is 0 Å². The van der Waals surface area contributed by atoms with Gasteiger partial charge in [-0.2, -0.15) is 5.10 Å². The van der Waals surface area contributed by atoms with Crippen LogP contribution in [-0.4, -0.2) is 68.5 Å². The van der Waals surface area contributed by atoms with E-state index in [-0.39, 0.29) is 7.33 Å². The number of hydrogen-bond acceptors (Lipinski definition) is 5. The van der Waals surface area contributed by atoms with E-state index < -0.39 is 0 Å². The van der Waals surface area contributed by atoms with Crippen LogP contribution in [0.25, 0.3) is 27.1 Å². The monoisotopic (exact) mass is 454 g/mol. The molecule has 4 aromatic heterocycles. The Bertz CT molecular complexity index is 1250. The second-order valence-corrected chi connectivity index (χ2v) is 9.67. The number of fused-ring (bicyclic) bond motifs is 2. The number of nitrogens with zero attached hydrogens (tertiary/aromatic N) is 5. The van der Waals surface area contributed by atoms with Crippen molar-refractivity contribution in [3.05, 3.63) is 40.7 Å². The van der Waals surface area contributed by atoms with Crippen molar-refractivity contribution in [2.75, 3.05) is 33.2 Å².